The van der Waals surface area contributed by atoms with Gasteiger partial charge in [-0.3, -0.25) is 9.88 Å². The van der Waals surface area contributed by atoms with Gasteiger partial charge in [0.25, 0.3) is 0 Å². The zero-order valence-corrected chi connectivity index (χ0v) is 14.3. The third kappa shape index (κ3) is 3.15. The van der Waals surface area contributed by atoms with Gasteiger partial charge in [-0.1, -0.05) is 5.16 Å². The van der Waals surface area contributed by atoms with Crippen molar-refractivity contribution in [3.05, 3.63) is 42.9 Å². The molecule has 0 amide bonds. The number of nitrogens with zero attached hydrogens (tertiary/aromatic N) is 6. The summed E-state index contributed by atoms with van der Waals surface area (Å²) >= 11 is 0. The van der Waals surface area contributed by atoms with Crippen LogP contribution in [0.2, 0.25) is 0 Å². The van der Waals surface area contributed by atoms with E-state index in [9.17, 15) is 0 Å². The molecule has 7 heteroatoms. The molecule has 25 heavy (non-hydrogen) atoms. The Balaban J connectivity index is 1.56. The van der Waals surface area contributed by atoms with Crippen LogP contribution < -0.4 is 0 Å². The van der Waals surface area contributed by atoms with Gasteiger partial charge in [-0.2, -0.15) is 4.98 Å². The van der Waals surface area contributed by atoms with Gasteiger partial charge in [-0.25, -0.2) is 9.97 Å². The van der Waals surface area contributed by atoms with E-state index in [1.807, 2.05) is 12.1 Å². The first-order valence-electron chi connectivity index (χ1n) is 8.53. The van der Waals surface area contributed by atoms with E-state index in [1.54, 1.807) is 18.6 Å². The fourth-order valence-electron chi connectivity index (χ4n) is 3.29. The Labute approximate surface area is 146 Å². The normalized spacial score (nSPS) is 18.1. The SMILES string of the molecule is CC(C)N1CCC[C@H]1c1nc(-c2ccc(-c3cncnc3)nc2)no1. The molecule has 4 heterocycles. The topological polar surface area (TPSA) is 80.8 Å². The van der Waals surface area contributed by atoms with Crippen LogP contribution in [0.15, 0.2) is 41.6 Å². The quantitative estimate of drug-likeness (QED) is 0.724. The lowest BCUT2D eigenvalue weighted by molar-refractivity contribution is 0.170. The molecular formula is C18H20N6O. The van der Waals surface area contributed by atoms with Crippen molar-refractivity contribution in [3.8, 4) is 22.6 Å². The summed E-state index contributed by atoms with van der Waals surface area (Å²) in [7, 11) is 0. The average molecular weight is 336 g/mol. The summed E-state index contributed by atoms with van der Waals surface area (Å²) in [6.07, 6.45) is 8.96. The predicted molar refractivity (Wildman–Crippen MR) is 92.4 cm³/mol. The zero-order chi connectivity index (χ0) is 17.2. The van der Waals surface area contributed by atoms with Crippen LogP contribution in [0.1, 0.15) is 38.6 Å². The lowest BCUT2D eigenvalue weighted by atomic mass is 10.2. The summed E-state index contributed by atoms with van der Waals surface area (Å²) in [5.74, 6) is 1.27. The van der Waals surface area contributed by atoms with Gasteiger partial charge < -0.3 is 4.52 Å². The van der Waals surface area contributed by atoms with Gasteiger partial charge in [-0.05, 0) is 45.4 Å². The van der Waals surface area contributed by atoms with Crippen LogP contribution in [0.4, 0.5) is 0 Å². The third-order valence-electron chi connectivity index (χ3n) is 4.56. The van der Waals surface area contributed by atoms with Crippen LogP contribution in [0.3, 0.4) is 0 Å². The monoisotopic (exact) mass is 336 g/mol. The molecule has 0 unspecified atom stereocenters. The van der Waals surface area contributed by atoms with Crippen molar-refractivity contribution in [1.29, 1.82) is 0 Å². The minimum atomic E-state index is 0.218. The van der Waals surface area contributed by atoms with Crippen LogP contribution in [0, 0.1) is 0 Å². The van der Waals surface area contributed by atoms with E-state index in [2.05, 4.69) is 43.8 Å². The third-order valence-corrected chi connectivity index (χ3v) is 4.56. The fourth-order valence-corrected chi connectivity index (χ4v) is 3.29. The standard InChI is InChI=1S/C18H20N6O/c1-12(2)24-7-3-4-16(24)18-22-17(23-25-18)13-5-6-15(21-10-13)14-8-19-11-20-9-14/h5-6,8-12,16H,3-4,7H2,1-2H3/t16-/m0/s1. The molecule has 0 aromatic carbocycles. The Morgan fingerprint density at radius 1 is 1.12 bits per heavy atom. The molecule has 7 nitrogen and oxygen atoms in total. The number of hydrogen-bond donors (Lipinski definition) is 0. The number of aromatic nitrogens is 5. The van der Waals surface area contributed by atoms with E-state index in [0.717, 1.165) is 36.2 Å². The Bertz CT molecular complexity index is 830. The molecule has 1 fully saturated rings. The van der Waals surface area contributed by atoms with Gasteiger partial charge in [0, 0.05) is 35.8 Å². The van der Waals surface area contributed by atoms with E-state index in [1.165, 1.54) is 6.33 Å². The van der Waals surface area contributed by atoms with Crippen molar-refractivity contribution in [2.45, 2.75) is 38.8 Å². The first-order chi connectivity index (χ1) is 12.2. The molecule has 1 atom stereocenters. The number of pyridine rings is 1. The number of likely N-dealkylation sites (tertiary alicyclic amines) is 1. The highest BCUT2D eigenvalue weighted by molar-refractivity contribution is 5.61. The summed E-state index contributed by atoms with van der Waals surface area (Å²) in [6.45, 7) is 5.48. The van der Waals surface area contributed by atoms with E-state index in [4.69, 9.17) is 4.52 Å². The second kappa shape index (κ2) is 6.68. The van der Waals surface area contributed by atoms with E-state index < -0.39 is 0 Å². The van der Waals surface area contributed by atoms with Gasteiger partial charge in [-0.15, -0.1) is 0 Å². The van der Waals surface area contributed by atoms with Gasteiger partial charge in [0.2, 0.25) is 11.7 Å². The fraction of sp³-hybridized carbons (Fsp3) is 0.389. The second-order valence-corrected chi connectivity index (χ2v) is 6.51. The number of hydrogen-bond acceptors (Lipinski definition) is 7. The number of rotatable bonds is 4. The van der Waals surface area contributed by atoms with Gasteiger partial charge in [0.15, 0.2) is 0 Å². The molecule has 3 aromatic rings. The first kappa shape index (κ1) is 15.8. The summed E-state index contributed by atoms with van der Waals surface area (Å²) < 4.78 is 5.55. The van der Waals surface area contributed by atoms with Crippen LogP contribution in [-0.2, 0) is 0 Å². The molecule has 1 aliphatic heterocycles. The molecule has 1 saturated heterocycles. The van der Waals surface area contributed by atoms with Crippen LogP contribution >= 0.6 is 0 Å². The van der Waals surface area contributed by atoms with E-state index in [0.29, 0.717) is 17.8 Å². The van der Waals surface area contributed by atoms with Crippen LogP contribution in [0.5, 0.6) is 0 Å². The highest BCUT2D eigenvalue weighted by Crippen LogP contribution is 2.33. The molecule has 0 saturated carbocycles. The minimum Gasteiger partial charge on any atom is -0.337 e. The smallest absolute Gasteiger partial charge is 0.244 e. The first-order valence-corrected chi connectivity index (χ1v) is 8.53. The largest absolute Gasteiger partial charge is 0.337 e. The van der Waals surface area contributed by atoms with Gasteiger partial charge in [0.1, 0.15) is 6.33 Å². The Hall–Kier alpha value is -2.67. The molecule has 0 spiro atoms. The lowest BCUT2D eigenvalue weighted by Gasteiger charge is -2.25. The summed E-state index contributed by atoms with van der Waals surface area (Å²) in [5.41, 5.74) is 2.53. The van der Waals surface area contributed by atoms with Crippen molar-refractivity contribution in [2.24, 2.45) is 0 Å². The molecule has 3 aromatic heterocycles. The predicted octanol–water partition coefficient (Wildman–Crippen LogP) is 3.13. The molecule has 0 bridgehead atoms. The highest BCUT2D eigenvalue weighted by Gasteiger charge is 2.32. The summed E-state index contributed by atoms with van der Waals surface area (Å²) in [4.78, 5) is 19.5. The maximum absolute atomic E-state index is 5.55. The molecule has 0 aliphatic carbocycles. The second-order valence-electron chi connectivity index (χ2n) is 6.51. The summed E-state index contributed by atoms with van der Waals surface area (Å²) in [5, 5.41) is 4.15. The summed E-state index contributed by atoms with van der Waals surface area (Å²) in [6, 6.07) is 4.55. The Morgan fingerprint density at radius 2 is 1.96 bits per heavy atom. The van der Waals surface area contributed by atoms with E-state index in [-0.39, 0.29) is 6.04 Å². The minimum absolute atomic E-state index is 0.218. The molecular weight excluding hydrogens is 316 g/mol. The van der Waals surface area contributed by atoms with Crippen molar-refractivity contribution in [1.82, 2.24) is 30.0 Å². The maximum Gasteiger partial charge on any atom is 0.244 e. The average Bonchev–Trinajstić information content (AvgIpc) is 3.32. The molecule has 1 aliphatic rings. The van der Waals surface area contributed by atoms with Crippen molar-refractivity contribution >= 4 is 0 Å². The van der Waals surface area contributed by atoms with Crippen LogP contribution in [-0.4, -0.2) is 42.6 Å². The zero-order valence-electron chi connectivity index (χ0n) is 14.3. The Morgan fingerprint density at radius 3 is 2.68 bits per heavy atom. The van der Waals surface area contributed by atoms with Crippen molar-refractivity contribution in [2.75, 3.05) is 6.54 Å². The van der Waals surface area contributed by atoms with E-state index >= 15 is 0 Å². The van der Waals surface area contributed by atoms with Crippen molar-refractivity contribution < 1.29 is 4.52 Å². The maximum atomic E-state index is 5.55. The molecule has 0 N–H and O–H groups in total. The molecule has 4 rings (SSSR count). The van der Waals surface area contributed by atoms with Gasteiger partial charge >= 0.3 is 0 Å². The highest BCUT2D eigenvalue weighted by atomic mass is 16.5. The Kier molecular flexibility index (Phi) is 4.23. The lowest BCUT2D eigenvalue weighted by Crippen LogP contribution is -2.30. The molecule has 128 valence electrons. The van der Waals surface area contributed by atoms with Gasteiger partial charge in [0.05, 0.1) is 11.7 Å². The van der Waals surface area contributed by atoms with Crippen LogP contribution in [0.25, 0.3) is 22.6 Å². The molecule has 0 radical (unpaired) electrons. The van der Waals surface area contributed by atoms with Crippen molar-refractivity contribution in [3.63, 3.8) is 0 Å².